The van der Waals surface area contributed by atoms with Gasteiger partial charge in [0.15, 0.2) is 5.96 Å². The van der Waals surface area contributed by atoms with Gasteiger partial charge in [0.2, 0.25) is 0 Å². The van der Waals surface area contributed by atoms with Crippen LogP contribution in [0, 0.1) is 13.8 Å². The SMILES string of the molecule is CN=C(NCCCc1nc(C)cs1)NCCc1ccc(C)c(OC)c1. The van der Waals surface area contributed by atoms with Crippen LogP contribution in [-0.4, -0.2) is 38.2 Å². The van der Waals surface area contributed by atoms with Crippen molar-refractivity contribution in [3.8, 4) is 5.75 Å². The monoisotopic (exact) mass is 360 g/mol. The van der Waals surface area contributed by atoms with Crippen molar-refractivity contribution in [2.75, 3.05) is 27.2 Å². The van der Waals surface area contributed by atoms with Gasteiger partial charge in [-0.2, -0.15) is 0 Å². The van der Waals surface area contributed by atoms with E-state index < -0.39 is 0 Å². The first kappa shape index (κ1) is 19.2. The largest absolute Gasteiger partial charge is 0.496 e. The van der Waals surface area contributed by atoms with Gasteiger partial charge >= 0.3 is 0 Å². The number of nitrogens with zero attached hydrogens (tertiary/aromatic N) is 2. The van der Waals surface area contributed by atoms with Crippen LogP contribution in [0.15, 0.2) is 28.6 Å². The highest BCUT2D eigenvalue weighted by Gasteiger charge is 2.02. The van der Waals surface area contributed by atoms with Crippen molar-refractivity contribution in [1.82, 2.24) is 15.6 Å². The summed E-state index contributed by atoms with van der Waals surface area (Å²) in [4.78, 5) is 8.76. The van der Waals surface area contributed by atoms with E-state index >= 15 is 0 Å². The Morgan fingerprint density at radius 3 is 2.68 bits per heavy atom. The number of aliphatic imine (C=N–C) groups is 1. The molecule has 136 valence electrons. The summed E-state index contributed by atoms with van der Waals surface area (Å²) in [6, 6.07) is 6.34. The van der Waals surface area contributed by atoms with Gasteiger partial charge in [-0.3, -0.25) is 4.99 Å². The molecule has 2 rings (SSSR count). The highest BCUT2D eigenvalue weighted by atomic mass is 32.1. The summed E-state index contributed by atoms with van der Waals surface area (Å²) in [6.07, 6.45) is 2.98. The molecule has 0 saturated heterocycles. The zero-order valence-corrected chi connectivity index (χ0v) is 16.4. The van der Waals surface area contributed by atoms with E-state index in [1.165, 1.54) is 10.6 Å². The van der Waals surface area contributed by atoms with E-state index in [1.54, 1.807) is 25.5 Å². The topological polar surface area (TPSA) is 58.5 Å². The molecule has 2 N–H and O–H groups in total. The molecule has 0 unspecified atom stereocenters. The van der Waals surface area contributed by atoms with Gasteiger partial charge in [-0.1, -0.05) is 12.1 Å². The van der Waals surface area contributed by atoms with Crippen LogP contribution in [0.5, 0.6) is 5.75 Å². The third kappa shape index (κ3) is 6.38. The fourth-order valence-electron chi connectivity index (χ4n) is 2.53. The Morgan fingerprint density at radius 2 is 2.00 bits per heavy atom. The summed E-state index contributed by atoms with van der Waals surface area (Å²) in [5.41, 5.74) is 3.52. The number of aromatic nitrogens is 1. The van der Waals surface area contributed by atoms with Crippen LogP contribution in [0.4, 0.5) is 0 Å². The fraction of sp³-hybridized carbons (Fsp3) is 0.474. The number of guanidine groups is 1. The van der Waals surface area contributed by atoms with Gasteiger partial charge in [0.25, 0.3) is 0 Å². The first-order chi connectivity index (χ1) is 12.1. The lowest BCUT2D eigenvalue weighted by Gasteiger charge is -2.12. The highest BCUT2D eigenvalue weighted by molar-refractivity contribution is 7.09. The molecule has 0 saturated carbocycles. The smallest absolute Gasteiger partial charge is 0.190 e. The van der Waals surface area contributed by atoms with E-state index in [0.717, 1.165) is 55.3 Å². The molecule has 0 fully saturated rings. The van der Waals surface area contributed by atoms with Gasteiger partial charge in [-0.25, -0.2) is 4.98 Å². The fourth-order valence-corrected chi connectivity index (χ4v) is 3.35. The number of methoxy groups -OCH3 is 1. The maximum Gasteiger partial charge on any atom is 0.190 e. The molecule has 5 nitrogen and oxygen atoms in total. The Kier molecular flexibility index (Phi) is 7.73. The van der Waals surface area contributed by atoms with Crippen molar-refractivity contribution in [1.29, 1.82) is 0 Å². The Balaban J connectivity index is 1.68. The van der Waals surface area contributed by atoms with Crippen LogP contribution in [0.3, 0.4) is 0 Å². The summed E-state index contributed by atoms with van der Waals surface area (Å²) in [6.45, 7) is 5.81. The van der Waals surface area contributed by atoms with Gasteiger partial charge in [0.1, 0.15) is 5.75 Å². The Hall–Kier alpha value is -2.08. The third-order valence-electron chi connectivity index (χ3n) is 3.93. The van der Waals surface area contributed by atoms with E-state index in [9.17, 15) is 0 Å². The van der Waals surface area contributed by atoms with Gasteiger partial charge in [-0.05, 0) is 43.9 Å². The Morgan fingerprint density at radius 1 is 1.20 bits per heavy atom. The molecule has 0 bridgehead atoms. The molecule has 0 aliphatic heterocycles. The first-order valence-electron chi connectivity index (χ1n) is 8.61. The molecule has 0 aliphatic carbocycles. The number of thiazole rings is 1. The highest BCUT2D eigenvalue weighted by Crippen LogP contribution is 2.19. The summed E-state index contributed by atoms with van der Waals surface area (Å²) in [7, 11) is 3.51. The lowest BCUT2D eigenvalue weighted by molar-refractivity contribution is 0.411. The number of aryl methyl sites for hydroxylation is 3. The number of hydrogen-bond donors (Lipinski definition) is 2. The van der Waals surface area contributed by atoms with Crippen LogP contribution >= 0.6 is 11.3 Å². The van der Waals surface area contributed by atoms with Crippen molar-refractivity contribution in [3.05, 3.63) is 45.4 Å². The van der Waals surface area contributed by atoms with Crippen LogP contribution < -0.4 is 15.4 Å². The predicted octanol–water partition coefficient (Wildman–Crippen LogP) is 3.11. The number of nitrogens with one attached hydrogen (secondary N) is 2. The molecule has 25 heavy (non-hydrogen) atoms. The van der Waals surface area contributed by atoms with Crippen LogP contribution in [0.1, 0.15) is 28.2 Å². The molecule has 0 spiro atoms. The average molecular weight is 361 g/mol. The van der Waals surface area contributed by atoms with Gasteiger partial charge in [0.05, 0.1) is 12.1 Å². The minimum Gasteiger partial charge on any atom is -0.496 e. The molecule has 6 heteroatoms. The van der Waals surface area contributed by atoms with E-state index in [-0.39, 0.29) is 0 Å². The van der Waals surface area contributed by atoms with Crippen LogP contribution in [0.25, 0.3) is 0 Å². The zero-order valence-electron chi connectivity index (χ0n) is 15.6. The Labute approximate surface area is 154 Å². The van der Waals surface area contributed by atoms with E-state index in [4.69, 9.17) is 4.74 Å². The number of rotatable bonds is 8. The second kappa shape index (κ2) is 10.0. The van der Waals surface area contributed by atoms with E-state index in [0.29, 0.717) is 0 Å². The zero-order chi connectivity index (χ0) is 18.1. The third-order valence-corrected chi connectivity index (χ3v) is 4.96. The maximum absolute atomic E-state index is 5.38. The summed E-state index contributed by atoms with van der Waals surface area (Å²) in [5.74, 6) is 1.78. The van der Waals surface area contributed by atoms with Crippen molar-refractivity contribution in [2.24, 2.45) is 4.99 Å². The molecule has 1 heterocycles. The van der Waals surface area contributed by atoms with Gasteiger partial charge < -0.3 is 15.4 Å². The molecule has 0 atom stereocenters. The van der Waals surface area contributed by atoms with Crippen molar-refractivity contribution in [3.63, 3.8) is 0 Å². The van der Waals surface area contributed by atoms with E-state index in [2.05, 4.69) is 51.1 Å². The summed E-state index contributed by atoms with van der Waals surface area (Å²) in [5, 5.41) is 10.0. The van der Waals surface area contributed by atoms with Gasteiger partial charge in [0, 0.05) is 37.6 Å². The molecule has 0 amide bonds. The van der Waals surface area contributed by atoms with Crippen LogP contribution in [0.2, 0.25) is 0 Å². The number of ether oxygens (including phenoxy) is 1. The minimum atomic E-state index is 0.831. The molecule has 1 aromatic carbocycles. The number of hydrogen-bond acceptors (Lipinski definition) is 4. The van der Waals surface area contributed by atoms with Crippen molar-refractivity contribution >= 4 is 17.3 Å². The van der Waals surface area contributed by atoms with Crippen molar-refractivity contribution < 1.29 is 4.74 Å². The van der Waals surface area contributed by atoms with Crippen LogP contribution in [-0.2, 0) is 12.8 Å². The molecule has 1 aromatic heterocycles. The Bertz CT molecular complexity index is 696. The first-order valence-corrected chi connectivity index (χ1v) is 9.49. The summed E-state index contributed by atoms with van der Waals surface area (Å²) >= 11 is 1.73. The minimum absolute atomic E-state index is 0.831. The second-order valence-corrected chi connectivity index (χ2v) is 6.91. The van der Waals surface area contributed by atoms with Gasteiger partial charge in [-0.15, -0.1) is 11.3 Å². The molecule has 2 aromatic rings. The molecule has 0 radical (unpaired) electrons. The molecular weight excluding hydrogens is 332 g/mol. The molecule has 0 aliphatic rings. The summed E-state index contributed by atoms with van der Waals surface area (Å²) < 4.78 is 5.38. The van der Waals surface area contributed by atoms with E-state index in [1.807, 2.05) is 6.92 Å². The van der Waals surface area contributed by atoms with Crippen molar-refractivity contribution in [2.45, 2.75) is 33.1 Å². The lowest BCUT2D eigenvalue weighted by Crippen LogP contribution is -2.38. The lowest BCUT2D eigenvalue weighted by atomic mass is 10.1. The predicted molar refractivity (Wildman–Crippen MR) is 106 cm³/mol. The average Bonchev–Trinajstić information content (AvgIpc) is 3.03. The quantitative estimate of drug-likeness (QED) is 0.431. The number of benzene rings is 1. The second-order valence-electron chi connectivity index (χ2n) is 5.97. The molecular formula is C19H28N4OS. The normalized spacial score (nSPS) is 11.4. The maximum atomic E-state index is 5.38. The standard InChI is InChI=1S/C19H28N4OS/c1-14-7-8-16(12-17(14)24-4)9-11-22-19(20-3)21-10-5-6-18-23-15(2)13-25-18/h7-8,12-13H,5-6,9-11H2,1-4H3,(H2,20,21,22).